The molecule has 1 aromatic carbocycles. The van der Waals surface area contributed by atoms with E-state index in [1.54, 1.807) is 6.07 Å². The number of hydrogen-bond donors (Lipinski definition) is 1. The van der Waals surface area contributed by atoms with Crippen LogP contribution in [0.4, 0.5) is 10.1 Å². The highest BCUT2D eigenvalue weighted by molar-refractivity contribution is 5.88. The van der Waals surface area contributed by atoms with Crippen LogP contribution in [-0.2, 0) is 14.3 Å². The topological polar surface area (TPSA) is 47.6 Å². The molecule has 1 aromatic rings. The molecule has 1 amide bonds. The van der Waals surface area contributed by atoms with Gasteiger partial charge in [0.05, 0.1) is 18.9 Å². The van der Waals surface area contributed by atoms with Crippen molar-refractivity contribution in [2.75, 3.05) is 18.5 Å². The molecule has 1 heterocycles. The number of benzene rings is 1. The van der Waals surface area contributed by atoms with Crippen LogP contribution in [0.3, 0.4) is 0 Å². The van der Waals surface area contributed by atoms with Gasteiger partial charge in [-0.2, -0.15) is 0 Å². The van der Waals surface area contributed by atoms with E-state index in [0.717, 1.165) is 0 Å². The third-order valence-electron chi connectivity index (χ3n) is 2.20. The Bertz CT molecular complexity index is 402. The van der Waals surface area contributed by atoms with Crippen LogP contribution >= 0.6 is 0 Å². The highest BCUT2D eigenvalue weighted by atomic mass is 19.1. The first-order chi connectivity index (χ1) is 7.66. The average molecular weight is 225 g/mol. The fraction of sp³-hybridized carbons (Fsp3) is 0.364. The number of hydrogen-bond acceptors (Lipinski definition) is 3. The Morgan fingerprint density at radius 3 is 2.75 bits per heavy atom. The standard InChI is InChI=1S/C11H12FNO3/c1-7(14)13-10-6-8(2-3-9(10)12)11-15-4-5-16-11/h2-3,6,11H,4-5H2,1H3,(H,13,14). The summed E-state index contributed by atoms with van der Waals surface area (Å²) < 4.78 is 23.9. The molecular weight excluding hydrogens is 213 g/mol. The molecule has 86 valence electrons. The zero-order chi connectivity index (χ0) is 11.5. The fourth-order valence-corrected chi connectivity index (χ4v) is 1.53. The third kappa shape index (κ3) is 2.37. The lowest BCUT2D eigenvalue weighted by Crippen LogP contribution is -2.09. The van der Waals surface area contributed by atoms with Crippen LogP contribution in [-0.4, -0.2) is 19.1 Å². The van der Waals surface area contributed by atoms with Crippen LogP contribution in [0.25, 0.3) is 0 Å². The van der Waals surface area contributed by atoms with Crippen molar-refractivity contribution in [3.8, 4) is 0 Å². The summed E-state index contributed by atoms with van der Waals surface area (Å²) >= 11 is 0. The molecule has 4 nitrogen and oxygen atoms in total. The minimum atomic E-state index is -0.475. The van der Waals surface area contributed by atoms with Crippen molar-refractivity contribution >= 4 is 11.6 Å². The maximum absolute atomic E-state index is 13.3. The van der Waals surface area contributed by atoms with Crippen LogP contribution in [0.1, 0.15) is 18.8 Å². The molecule has 0 spiro atoms. The molecule has 1 saturated heterocycles. The number of ether oxygens (including phenoxy) is 2. The smallest absolute Gasteiger partial charge is 0.221 e. The van der Waals surface area contributed by atoms with Gasteiger partial charge in [0.1, 0.15) is 5.82 Å². The zero-order valence-corrected chi connectivity index (χ0v) is 8.83. The number of amides is 1. The maximum atomic E-state index is 13.3. The largest absolute Gasteiger partial charge is 0.346 e. The molecule has 2 rings (SSSR count). The summed E-state index contributed by atoms with van der Waals surface area (Å²) in [5, 5.41) is 2.41. The molecule has 0 aromatic heterocycles. The molecule has 1 fully saturated rings. The van der Waals surface area contributed by atoms with E-state index < -0.39 is 12.1 Å². The van der Waals surface area contributed by atoms with E-state index in [4.69, 9.17) is 9.47 Å². The molecule has 16 heavy (non-hydrogen) atoms. The van der Waals surface area contributed by atoms with E-state index >= 15 is 0 Å². The van der Waals surface area contributed by atoms with Crippen molar-refractivity contribution < 1.29 is 18.7 Å². The van der Waals surface area contributed by atoms with Gasteiger partial charge in [-0.05, 0) is 12.1 Å². The van der Waals surface area contributed by atoms with E-state index in [2.05, 4.69) is 5.32 Å². The molecule has 0 aliphatic carbocycles. The molecule has 1 aliphatic heterocycles. The molecule has 0 bridgehead atoms. The normalized spacial score (nSPS) is 16.4. The summed E-state index contributed by atoms with van der Waals surface area (Å²) in [6, 6.07) is 4.38. The van der Waals surface area contributed by atoms with Crippen LogP contribution in [0.2, 0.25) is 0 Å². The summed E-state index contributed by atoms with van der Waals surface area (Å²) in [7, 11) is 0. The predicted octanol–water partition coefficient (Wildman–Crippen LogP) is 1.83. The van der Waals surface area contributed by atoms with Gasteiger partial charge in [0.2, 0.25) is 5.91 Å². The third-order valence-corrected chi connectivity index (χ3v) is 2.20. The lowest BCUT2D eigenvalue weighted by molar-refractivity contribution is -0.114. The maximum Gasteiger partial charge on any atom is 0.221 e. The minimum absolute atomic E-state index is 0.143. The Balaban J connectivity index is 2.23. The van der Waals surface area contributed by atoms with Gasteiger partial charge in [-0.1, -0.05) is 6.07 Å². The van der Waals surface area contributed by atoms with E-state index in [1.807, 2.05) is 0 Å². The lowest BCUT2D eigenvalue weighted by Gasteiger charge is -2.11. The van der Waals surface area contributed by atoms with Crippen molar-refractivity contribution in [2.45, 2.75) is 13.2 Å². The molecule has 0 atom stereocenters. The number of anilines is 1. The number of nitrogens with one attached hydrogen (secondary N) is 1. The molecule has 0 unspecified atom stereocenters. The van der Waals surface area contributed by atoms with Crippen LogP contribution in [0.15, 0.2) is 18.2 Å². The van der Waals surface area contributed by atoms with Gasteiger partial charge in [0.25, 0.3) is 0 Å². The Labute approximate surface area is 92.4 Å². The Hall–Kier alpha value is -1.46. The second-order valence-corrected chi connectivity index (χ2v) is 3.49. The summed E-state index contributed by atoms with van der Waals surface area (Å²) in [4.78, 5) is 10.9. The molecule has 0 radical (unpaired) electrons. The Kier molecular flexibility index (Phi) is 3.17. The first-order valence-electron chi connectivity index (χ1n) is 4.97. The number of rotatable bonds is 2. The summed E-state index contributed by atoms with van der Waals surface area (Å²) in [6.07, 6.45) is -0.465. The first-order valence-corrected chi connectivity index (χ1v) is 4.97. The van der Waals surface area contributed by atoms with Gasteiger partial charge in [-0.25, -0.2) is 4.39 Å². The van der Waals surface area contributed by atoms with Crippen molar-refractivity contribution in [1.82, 2.24) is 0 Å². The highest BCUT2D eigenvalue weighted by Gasteiger charge is 2.19. The van der Waals surface area contributed by atoms with Gasteiger partial charge in [-0.3, -0.25) is 4.79 Å². The van der Waals surface area contributed by atoms with Gasteiger partial charge >= 0.3 is 0 Å². The lowest BCUT2D eigenvalue weighted by atomic mass is 10.2. The van der Waals surface area contributed by atoms with Gasteiger partial charge < -0.3 is 14.8 Å². The second-order valence-electron chi connectivity index (χ2n) is 3.49. The van der Waals surface area contributed by atoms with Crippen LogP contribution in [0.5, 0.6) is 0 Å². The Morgan fingerprint density at radius 1 is 1.44 bits per heavy atom. The molecule has 0 saturated carbocycles. The van der Waals surface area contributed by atoms with E-state index in [9.17, 15) is 9.18 Å². The van der Waals surface area contributed by atoms with Gasteiger partial charge in [0, 0.05) is 12.5 Å². The summed E-state index contributed by atoms with van der Waals surface area (Å²) in [5.74, 6) is -0.791. The summed E-state index contributed by atoms with van der Waals surface area (Å²) in [5.41, 5.74) is 0.840. The number of halogens is 1. The monoisotopic (exact) mass is 225 g/mol. The fourth-order valence-electron chi connectivity index (χ4n) is 1.53. The quantitative estimate of drug-likeness (QED) is 0.835. The van der Waals surface area contributed by atoms with Crippen molar-refractivity contribution in [1.29, 1.82) is 0 Å². The SMILES string of the molecule is CC(=O)Nc1cc(C2OCCO2)ccc1F. The minimum Gasteiger partial charge on any atom is -0.346 e. The predicted molar refractivity (Wildman–Crippen MR) is 55.3 cm³/mol. The molecule has 5 heteroatoms. The summed E-state index contributed by atoms with van der Waals surface area (Å²) in [6.45, 7) is 2.38. The van der Waals surface area contributed by atoms with Crippen molar-refractivity contribution in [2.24, 2.45) is 0 Å². The zero-order valence-electron chi connectivity index (χ0n) is 8.83. The molecule has 1 aliphatic rings. The van der Waals surface area contributed by atoms with Gasteiger partial charge in [-0.15, -0.1) is 0 Å². The number of carbonyl (C=O) groups is 1. The average Bonchev–Trinajstić information content (AvgIpc) is 2.73. The molecule has 1 N–H and O–H groups in total. The Morgan fingerprint density at radius 2 is 2.12 bits per heavy atom. The van der Waals surface area contributed by atoms with E-state index in [1.165, 1.54) is 19.1 Å². The molecular formula is C11H12FNO3. The van der Waals surface area contributed by atoms with Crippen molar-refractivity contribution in [3.05, 3.63) is 29.6 Å². The van der Waals surface area contributed by atoms with Crippen molar-refractivity contribution in [3.63, 3.8) is 0 Å². The number of carbonyl (C=O) groups excluding carboxylic acids is 1. The first kappa shape index (κ1) is 11.0. The highest BCUT2D eigenvalue weighted by Crippen LogP contribution is 2.26. The van der Waals surface area contributed by atoms with E-state index in [-0.39, 0.29) is 11.6 Å². The second kappa shape index (κ2) is 4.59. The van der Waals surface area contributed by atoms with Crippen LogP contribution < -0.4 is 5.32 Å². The van der Waals surface area contributed by atoms with Gasteiger partial charge in [0.15, 0.2) is 6.29 Å². The van der Waals surface area contributed by atoms with Crippen LogP contribution in [0, 0.1) is 5.82 Å². The van der Waals surface area contributed by atoms with E-state index in [0.29, 0.717) is 18.8 Å².